The van der Waals surface area contributed by atoms with Crippen molar-refractivity contribution in [3.8, 4) is 0 Å². The summed E-state index contributed by atoms with van der Waals surface area (Å²) in [5.74, 6) is 0.269. The minimum Gasteiger partial charge on any atom is -0.392 e. The quantitative estimate of drug-likeness (QED) is 0.748. The summed E-state index contributed by atoms with van der Waals surface area (Å²) in [5, 5.41) is 8.80. The normalized spacial score (nSPS) is 20.5. The molecule has 1 rings (SSSR count). The van der Waals surface area contributed by atoms with Gasteiger partial charge in [-0.2, -0.15) is 0 Å². The maximum Gasteiger partial charge on any atom is 0.158 e. The summed E-state index contributed by atoms with van der Waals surface area (Å²) in [6.45, 7) is 10.4. The van der Waals surface area contributed by atoms with Gasteiger partial charge in [-0.05, 0) is 43.8 Å². The van der Waals surface area contributed by atoms with Gasteiger partial charge in [-0.1, -0.05) is 61.4 Å². The molecule has 0 aromatic carbocycles. The number of Topliss-reactive ketones (excluding diaryl/α,β-unsaturated/α-hetero) is 1. The molecule has 0 spiro atoms. The van der Waals surface area contributed by atoms with E-state index >= 15 is 0 Å². The fraction of sp³-hybridized carbons (Fsp3) is 0.450. The van der Waals surface area contributed by atoms with Crippen LogP contribution in [0, 0.1) is 5.41 Å². The highest BCUT2D eigenvalue weighted by Crippen LogP contribution is 2.39. The Kier molecular flexibility index (Phi) is 6.76. The van der Waals surface area contributed by atoms with Gasteiger partial charge in [-0.25, -0.2) is 0 Å². The van der Waals surface area contributed by atoms with Crippen LogP contribution in [-0.4, -0.2) is 17.5 Å². The molecule has 1 N–H and O–H groups in total. The number of hydrogen-bond acceptors (Lipinski definition) is 2. The van der Waals surface area contributed by atoms with Crippen molar-refractivity contribution in [2.45, 2.75) is 47.5 Å². The number of rotatable bonds is 5. The first kappa shape index (κ1) is 18.4. The summed E-state index contributed by atoms with van der Waals surface area (Å²) in [4.78, 5) is 11.9. The largest absolute Gasteiger partial charge is 0.392 e. The molecule has 0 aromatic rings. The van der Waals surface area contributed by atoms with E-state index in [1.165, 1.54) is 0 Å². The van der Waals surface area contributed by atoms with Gasteiger partial charge < -0.3 is 5.11 Å². The van der Waals surface area contributed by atoms with Crippen LogP contribution in [0.15, 0.2) is 58.7 Å². The zero-order valence-corrected chi connectivity index (χ0v) is 14.4. The third kappa shape index (κ3) is 5.27. The monoisotopic (exact) mass is 300 g/mol. The van der Waals surface area contributed by atoms with Crippen molar-refractivity contribution in [2.24, 2.45) is 5.41 Å². The molecule has 0 saturated carbocycles. The van der Waals surface area contributed by atoms with Gasteiger partial charge >= 0.3 is 0 Å². The molecule has 0 amide bonds. The lowest BCUT2D eigenvalue weighted by Crippen LogP contribution is -2.24. The van der Waals surface area contributed by atoms with Gasteiger partial charge in [0.2, 0.25) is 0 Å². The molecule has 0 bridgehead atoms. The van der Waals surface area contributed by atoms with Crippen LogP contribution in [0.3, 0.4) is 0 Å². The van der Waals surface area contributed by atoms with Crippen LogP contribution in [0.2, 0.25) is 0 Å². The molecular weight excluding hydrogens is 272 g/mol. The minimum absolute atomic E-state index is 0.0606. The zero-order chi connectivity index (χ0) is 16.8. The van der Waals surface area contributed by atoms with Crippen LogP contribution in [-0.2, 0) is 4.79 Å². The van der Waals surface area contributed by atoms with Crippen LogP contribution in [0.1, 0.15) is 47.5 Å². The Morgan fingerprint density at radius 3 is 2.55 bits per heavy atom. The molecule has 0 unspecified atom stereocenters. The molecule has 0 fully saturated rings. The summed E-state index contributed by atoms with van der Waals surface area (Å²) in [6, 6.07) is 0. The van der Waals surface area contributed by atoms with Crippen molar-refractivity contribution in [1.82, 2.24) is 0 Å². The molecule has 1 aliphatic carbocycles. The van der Waals surface area contributed by atoms with E-state index in [4.69, 9.17) is 5.11 Å². The first-order chi connectivity index (χ1) is 10.3. The van der Waals surface area contributed by atoms with Gasteiger partial charge in [0.25, 0.3) is 0 Å². The van der Waals surface area contributed by atoms with Crippen molar-refractivity contribution in [2.75, 3.05) is 6.61 Å². The van der Waals surface area contributed by atoms with E-state index in [0.717, 1.165) is 28.7 Å². The predicted molar refractivity (Wildman–Crippen MR) is 93.6 cm³/mol. The summed E-state index contributed by atoms with van der Waals surface area (Å²) in [6.07, 6.45) is 13.4. The lowest BCUT2D eigenvalue weighted by molar-refractivity contribution is -0.116. The van der Waals surface area contributed by atoms with Crippen molar-refractivity contribution >= 4 is 5.78 Å². The van der Waals surface area contributed by atoms with E-state index in [0.29, 0.717) is 6.42 Å². The Morgan fingerprint density at radius 2 is 1.91 bits per heavy atom. The van der Waals surface area contributed by atoms with E-state index < -0.39 is 0 Å². The topological polar surface area (TPSA) is 37.3 Å². The molecule has 2 heteroatoms. The molecule has 0 heterocycles. The molecule has 2 nitrogen and oxygen atoms in total. The predicted octanol–water partition coefficient (Wildman–Crippen LogP) is 4.69. The van der Waals surface area contributed by atoms with Crippen LogP contribution < -0.4 is 0 Å². The lowest BCUT2D eigenvalue weighted by atomic mass is 9.72. The van der Waals surface area contributed by atoms with E-state index in [9.17, 15) is 4.79 Å². The number of allylic oxidation sites excluding steroid dienone is 9. The third-order valence-corrected chi connectivity index (χ3v) is 4.17. The second-order valence-corrected chi connectivity index (χ2v) is 6.58. The molecule has 120 valence electrons. The molecule has 0 atom stereocenters. The summed E-state index contributed by atoms with van der Waals surface area (Å²) < 4.78 is 0. The highest BCUT2D eigenvalue weighted by molar-refractivity contribution is 5.97. The fourth-order valence-electron chi connectivity index (χ4n) is 2.59. The van der Waals surface area contributed by atoms with E-state index in [2.05, 4.69) is 26.0 Å². The van der Waals surface area contributed by atoms with Crippen LogP contribution in [0.5, 0.6) is 0 Å². The van der Waals surface area contributed by atoms with Crippen LogP contribution in [0.25, 0.3) is 0 Å². The second-order valence-electron chi connectivity index (χ2n) is 6.58. The molecular formula is C20H28O2. The Morgan fingerprint density at radius 1 is 1.23 bits per heavy atom. The third-order valence-electron chi connectivity index (χ3n) is 4.17. The summed E-state index contributed by atoms with van der Waals surface area (Å²) in [5.41, 5.74) is 4.27. The van der Waals surface area contributed by atoms with E-state index in [1.807, 2.05) is 39.0 Å². The molecule has 0 radical (unpaired) electrons. The van der Waals surface area contributed by atoms with Gasteiger partial charge in [-0.15, -0.1) is 0 Å². The van der Waals surface area contributed by atoms with E-state index in [-0.39, 0.29) is 17.8 Å². The second kappa shape index (κ2) is 8.09. The van der Waals surface area contributed by atoms with E-state index in [1.54, 1.807) is 6.08 Å². The zero-order valence-electron chi connectivity index (χ0n) is 14.4. The first-order valence-corrected chi connectivity index (χ1v) is 7.83. The van der Waals surface area contributed by atoms with Crippen LogP contribution >= 0.6 is 0 Å². The average molecular weight is 300 g/mol. The Balaban J connectivity index is 2.88. The fourth-order valence-corrected chi connectivity index (χ4v) is 2.59. The first-order valence-electron chi connectivity index (χ1n) is 7.83. The maximum absolute atomic E-state index is 11.9. The van der Waals surface area contributed by atoms with Gasteiger partial charge in [0.05, 0.1) is 6.61 Å². The van der Waals surface area contributed by atoms with Crippen molar-refractivity contribution in [1.29, 1.82) is 0 Å². The van der Waals surface area contributed by atoms with Gasteiger partial charge in [0.15, 0.2) is 5.78 Å². The smallest absolute Gasteiger partial charge is 0.158 e. The standard InChI is InChI=1S/C20H28O2/c1-15(7-6-8-16(2)12-14-21)9-10-18-17(3)19(22)11-13-20(18,4)5/h6-10,12,21H,11,13-14H2,1-5H3/b8-6+,10-9-,15-7-,16-12-. The van der Waals surface area contributed by atoms with Crippen molar-refractivity contribution in [3.63, 3.8) is 0 Å². The number of carbonyl (C=O) groups excluding carboxylic acids is 1. The van der Waals surface area contributed by atoms with Crippen LogP contribution in [0.4, 0.5) is 0 Å². The highest BCUT2D eigenvalue weighted by Gasteiger charge is 2.30. The average Bonchev–Trinajstić information content (AvgIpc) is 2.43. The lowest BCUT2D eigenvalue weighted by Gasteiger charge is -2.32. The van der Waals surface area contributed by atoms with Gasteiger partial charge in [0, 0.05) is 6.42 Å². The van der Waals surface area contributed by atoms with Gasteiger partial charge in [0.1, 0.15) is 0 Å². The number of hydrogen-bond donors (Lipinski definition) is 1. The van der Waals surface area contributed by atoms with Crippen molar-refractivity contribution in [3.05, 3.63) is 58.7 Å². The summed E-state index contributed by atoms with van der Waals surface area (Å²) >= 11 is 0. The molecule has 22 heavy (non-hydrogen) atoms. The number of aliphatic hydroxyl groups is 1. The molecule has 1 aliphatic rings. The Labute approximate surface area is 134 Å². The number of aliphatic hydroxyl groups excluding tert-OH is 1. The summed E-state index contributed by atoms with van der Waals surface area (Å²) in [7, 11) is 0. The van der Waals surface area contributed by atoms with Gasteiger partial charge in [-0.3, -0.25) is 4.79 Å². The van der Waals surface area contributed by atoms with Crippen molar-refractivity contribution < 1.29 is 9.90 Å². The number of ketones is 1. The molecule has 0 saturated heterocycles. The SMILES string of the molecule is CC1=C(\C=C/C(C)=C\C=C\C(C)=C/CO)C(C)(C)CCC1=O. The Bertz CT molecular complexity index is 567. The Hall–Kier alpha value is -1.67. The molecule has 0 aliphatic heterocycles. The highest BCUT2D eigenvalue weighted by atomic mass is 16.2. The number of carbonyl (C=O) groups is 1. The maximum atomic E-state index is 11.9. The minimum atomic E-state index is 0.0606. The molecule has 0 aromatic heterocycles.